The summed E-state index contributed by atoms with van der Waals surface area (Å²) in [6, 6.07) is 0. The van der Waals surface area contributed by atoms with Crippen LogP contribution in [-0.2, 0) is 18.7 Å². The maximum absolute atomic E-state index is 11.4. The quantitative estimate of drug-likeness (QED) is 0.131. The van der Waals surface area contributed by atoms with E-state index in [0.29, 0.717) is 6.61 Å². The molecule has 0 radical (unpaired) electrons. The smallest absolute Gasteiger partial charge is 0.754 e. The largest absolute Gasteiger partial charge is 1.00 e. The monoisotopic (exact) mass is 360 g/mol. The first-order chi connectivity index (χ1) is 10.6. The summed E-state index contributed by atoms with van der Waals surface area (Å²) < 4.78 is 20.5. The van der Waals surface area contributed by atoms with Gasteiger partial charge in [0.05, 0.1) is 13.2 Å². The van der Waals surface area contributed by atoms with E-state index in [-0.39, 0.29) is 36.2 Å². The minimum Gasteiger partial charge on any atom is -0.754 e. The van der Waals surface area contributed by atoms with Crippen molar-refractivity contribution >= 4 is 7.82 Å². The Kier molecular flexibility index (Phi) is 22.2. The van der Waals surface area contributed by atoms with E-state index in [0.717, 1.165) is 38.5 Å². The average Bonchev–Trinajstić information content (AvgIpc) is 2.49. The fourth-order valence-corrected chi connectivity index (χ4v) is 2.72. The van der Waals surface area contributed by atoms with Gasteiger partial charge < -0.3 is 9.42 Å². The second-order valence-electron chi connectivity index (χ2n) is 5.71. The van der Waals surface area contributed by atoms with Gasteiger partial charge in [0.25, 0.3) is 7.82 Å². The maximum atomic E-state index is 11.4. The molecule has 0 aliphatic heterocycles. The molecule has 0 saturated heterocycles. The molecule has 5 nitrogen and oxygen atoms in total. The van der Waals surface area contributed by atoms with Gasteiger partial charge in [-0.2, -0.15) is 4.67 Å². The van der Waals surface area contributed by atoms with Crippen molar-refractivity contribution in [1.29, 1.82) is 0 Å². The van der Waals surface area contributed by atoms with E-state index in [2.05, 4.69) is 18.5 Å². The van der Waals surface area contributed by atoms with Gasteiger partial charge in [0.1, 0.15) is 0 Å². The normalized spacial score (nSPS) is 13.5. The van der Waals surface area contributed by atoms with E-state index < -0.39 is 7.82 Å². The molecule has 23 heavy (non-hydrogen) atoms. The van der Waals surface area contributed by atoms with Gasteiger partial charge in [-0.1, -0.05) is 78.1 Å². The predicted molar refractivity (Wildman–Crippen MR) is 87.3 cm³/mol. The van der Waals surface area contributed by atoms with Crippen LogP contribution in [-0.4, -0.2) is 13.2 Å². The average molecular weight is 360 g/mol. The molecule has 0 N–H and O–H groups in total. The zero-order valence-electron chi connectivity index (χ0n) is 15.4. The number of unbranched alkanes of at least 4 members (excludes halogenated alkanes) is 10. The van der Waals surface area contributed by atoms with E-state index in [1.807, 2.05) is 0 Å². The second kappa shape index (κ2) is 19.4. The Balaban J connectivity index is 0. The Bertz CT molecular complexity index is 279. The van der Waals surface area contributed by atoms with Crippen molar-refractivity contribution in [3.63, 3.8) is 0 Å². The minimum atomic E-state index is -4.29. The molecule has 0 aromatic carbocycles. The van der Waals surface area contributed by atoms with Crippen LogP contribution in [0.25, 0.3) is 0 Å². The van der Waals surface area contributed by atoms with Gasteiger partial charge in [-0.25, -0.2) is 4.89 Å². The van der Waals surface area contributed by atoms with E-state index in [1.165, 1.54) is 38.5 Å². The van der Waals surface area contributed by atoms with Crippen LogP contribution in [0.1, 0.15) is 90.9 Å². The molecule has 1 atom stereocenters. The molecule has 134 valence electrons. The van der Waals surface area contributed by atoms with Crippen molar-refractivity contribution < 1.29 is 53.1 Å². The first kappa shape index (κ1) is 26.3. The topological polar surface area (TPSA) is 67.8 Å². The zero-order valence-corrected chi connectivity index (χ0v) is 18.3. The number of phosphoric ester groups is 1. The van der Waals surface area contributed by atoms with Crippen LogP contribution in [0.4, 0.5) is 0 Å². The second-order valence-corrected chi connectivity index (χ2v) is 7.01. The van der Waals surface area contributed by atoms with Gasteiger partial charge in [-0.05, 0) is 12.8 Å². The van der Waals surface area contributed by atoms with Crippen LogP contribution < -0.4 is 34.5 Å². The summed E-state index contributed by atoms with van der Waals surface area (Å²) >= 11 is 0. The minimum absolute atomic E-state index is 0. The van der Waals surface area contributed by atoms with Crippen LogP contribution in [0.2, 0.25) is 0 Å². The standard InChI is InChI=1S/C16H35O5P.Na/c1-3-5-7-9-11-13-15-19-21-22(17,18)20-16-14-12-10-8-6-4-2;/h3-16H2,1-2H3,(H,17,18);/q;+1/p-1. The summed E-state index contributed by atoms with van der Waals surface area (Å²) in [5.41, 5.74) is 0. The summed E-state index contributed by atoms with van der Waals surface area (Å²) in [5, 5.41) is 0. The Morgan fingerprint density at radius 1 is 0.739 bits per heavy atom. The molecule has 0 spiro atoms. The molecule has 0 saturated carbocycles. The van der Waals surface area contributed by atoms with Gasteiger partial charge in [0.15, 0.2) is 0 Å². The summed E-state index contributed by atoms with van der Waals surface area (Å²) in [6.07, 6.45) is 13.2. The molecule has 0 aliphatic rings. The molecular formula is C16H34NaO5P. The third kappa shape index (κ3) is 21.0. The number of hydrogen-bond donors (Lipinski definition) is 0. The number of rotatable bonds is 17. The Hall–Kier alpha value is 1.07. The number of hydrogen-bond acceptors (Lipinski definition) is 5. The van der Waals surface area contributed by atoms with Crippen molar-refractivity contribution in [3.05, 3.63) is 0 Å². The van der Waals surface area contributed by atoms with Crippen molar-refractivity contribution in [2.75, 3.05) is 13.2 Å². The summed E-state index contributed by atoms with van der Waals surface area (Å²) in [4.78, 5) is 16.1. The molecule has 0 fully saturated rings. The third-order valence-corrected chi connectivity index (χ3v) is 4.26. The molecular weight excluding hydrogens is 326 g/mol. The summed E-state index contributed by atoms with van der Waals surface area (Å²) in [6.45, 7) is 4.80. The Labute approximate surface area is 164 Å². The SMILES string of the molecule is CCCCCCCCOOP(=O)([O-])OCCCCCCCC.[Na+]. The van der Waals surface area contributed by atoms with E-state index >= 15 is 0 Å². The molecule has 0 bridgehead atoms. The summed E-state index contributed by atoms with van der Waals surface area (Å²) in [7, 11) is -4.29. The molecule has 0 amide bonds. The van der Waals surface area contributed by atoms with Crippen molar-refractivity contribution in [3.8, 4) is 0 Å². The maximum Gasteiger partial charge on any atom is 1.00 e. The van der Waals surface area contributed by atoms with Gasteiger partial charge in [-0.15, -0.1) is 0 Å². The fourth-order valence-electron chi connectivity index (χ4n) is 2.12. The molecule has 1 unspecified atom stereocenters. The van der Waals surface area contributed by atoms with Crippen molar-refractivity contribution in [2.24, 2.45) is 0 Å². The van der Waals surface area contributed by atoms with Crippen molar-refractivity contribution in [1.82, 2.24) is 0 Å². The van der Waals surface area contributed by atoms with Crippen LogP contribution in [0.15, 0.2) is 0 Å². The molecule has 0 aromatic rings. The van der Waals surface area contributed by atoms with Crippen LogP contribution in [0.3, 0.4) is 0 Å². The first-order valence-corrected chi connectivity index (χ1v) is 10.3. The molecule has 0 aromatic heterocycles. The van der Waals surface area contributed by atoms with Gasteiger partial charge in [0.2, 0.25) is 0 Å². The Morgan fingerprint density at radius 3 is 1.70 bits per heavy atom. The van der Waals surface area contributed by atoms with E-state index in [1.54, 1.807) is 0 Å². The van der Waals surface area contributed by atoms with Gasteiger partial charge in [0, 0.05) is 0 Å². The van der Waals surface area contributed by atoms with Crippen LogP contribution in [0, 0.1) is 0 Å². The summed E-state index contributed by atoms with van der Waals surface area (Å²) in [5.74, 6) is 0. The molecule has 0 rings (SSSR count). The zero-order chi connectivity index (χ0) is 16.5. The van der Waals surface area contributed by atoms with Crippen LogP contribution in [0.5, 0.6) is 0 Å². The van der Waals surface area contributed by atoms with Gasteiger partial charge >= 0.3 is 29.6 Å². The van der Waals surface area contributed by atoms with Crippen molar-refractivity contribution in [2.45, 2.75) is 90.9 Å². The molecule has 7 heteroatoms. The predicted octanol–water partition coefficient (Wildman–Crippen LogP) is 2.14. The molecule has 0 heterocycles. The third-order valence-electron chi connectivity index (χ3n) is 3.47. The van der Waals surface area contributed by atoms with Crippen LogP contribution >= 0.6 is 7.82 Å². The van der Waals surface area contributed by atoms with E-state index in [4.69, 9.17) is 9.41 Å². The fraction of sp³-hybridized carbons (Fsp3) is 1.00. The Morgan fingerprint density at radius 2 is 1.17 bits per heavy atom. The number of phosphoric acid groups is 1. The van der Waals surface area contributed by atoms with E-state index in [9.17, 15) is 9.46 Å². The van der Waals surface area contributed by atoms with Gasteiger partial charge in [-0.3, -0.25) is 4.57 Å². The molecule has 0 aliphatic carbocycles. The first-order valence-electron chi connectivity index (χ1n) is 8.89.